The van der Waals surface area contributed by atoms with Crippen LogP contribution in [0, 0.1) is 0 Å². The van der Waals surface area contributed by atoms with Crippen LogP contribution in [0.15, 0.2) is 0 Å². The summed E-state index contributed by atoms with van der Waals surface area (Å²) in [5, 5.41) is 37.6. The number of amides is 1. The second kappa shape index (κ2) is 4.94. The fraction of sp³-hybridized carbons (Fsp3) is 0.900. The third-order valence-electron chi connectivity index (χ3n) is 3.87. The van der Waals surface area contributed by atoms with Gasteiger partial charge in [-0.3, -0.25) is 15.4 Å². The molecule has 3 saturated heterocycles. The Labute approximate surface area is 109 Å². The van der Waals surface area contributed by atoms with E-state index in [-0.39, 0.29) is 18.7 Å². The van der Waals surface area contributed by atoms with E-state index in [2.05, 4.69) is 16.0 Å². The molecule has 3 aliphatic rings. The van der Waals surface area contributed by atoms with Gasteiger partial charge in [-0.25, -0.2) is 4.90 Å². The van der Waals surface area contributed by atoms with E-state index in [9.17, 15) is 15.0 Å². The molecule has 3 rings (SSSR count). The molecule has 6 atom stereocenters. The van der Waals surface area contributed by atoms with Crippen molar-refractivity contribution in [1.29, 1.82) is 0 Å². The molecule has 3 heterocycles. The zero-order valence-electron chi connectivity index (χ0n) is 10.2. The fourth-order valence-corrected chi connectivity index (χ4v) is 2.83. The third-order valence-corrected chi connectivity index (χ3v) is 3.87. The van der Waals surface area contributed by atoms with E-state index in [1.54, 1.807) is 4.90 Å². The van der Waals surface area contributed by atoms with E-state index >= 15 is 0 Å². The van der Waals surface area contributed by atoms with Gasteiger partial charge >= 0.3 is 0 Å². The molecule has 0 saturated carbocycles. The van der Waals surface area contributed by atoms with E-state index in [1.165, 1.54) is 0 Å². The van der Waals surface area contributed by atoms with Gasteiger partial charge in [-0.2, -0.15) is 0 Å². The number of hydrogen-bond acceptors (Lipinski definition) is 8. The van der Waals surface area contributed by atoms with Crippen molar-refractivity contribution in [3.05, 3.63) is 0 Å². The Morgan fingerprint density at radius 3 is 2.79 bits per heavy atom. The minimum atomic E-state index is -1.13. The summed E-state index contributed by atoms with van der Waals surface area (Å²) in [5.74, 6) is -0.113. The standard InChI is InChI=1S/C10H18N4O5/c15-1-4-6(16)7(17)10(19-4)14-3-13-5-8(14)11-2-12-9(5)18/h4-8,10-11,13,15-17H,1-3H2,(H,12,18)/t4-,5+,6-,7-,8+,10-/m1/s1. The predicted molar refractivity (Wildman–Crippen MR) is 61.3 cm³/mol. The number of nitrogens with one attached hydrogen (secondary N) is 3. The fourth-order valence-electron chi connectivity index (χ4n) is 2.83. The van der Waals surface area contributed by atoms with Crippen LogP contribution in [0.1, 0.15) is 0 Å². The average Bonchev–Trinajstić information content (AvgIpc) is 2.94. The van der Waals surface area contributed by atoms with Crippen LogP contribution < -0.4 is 16.0 Å². The minimum Gasteiger partial charge on any atom is -0.394 e. The van der Waals surface area contributed by atoms with Gasteiger partial charge in [0, 0.05) is 0 Å². The Balaban J connectivity index is 1.75. The normalized spacial score (nSPS) is 47.2. The zero-order chi connectivity index (χ0) is 13.6. The van der Waals surface area contributed by atoms with Crippen LogP contribution in [-0.4, -0.2) is 82.8 Å². The molecule has 0 radical (unpaired) electrons. The van der Waals surface area contributed by atoms with Crippen LogP contribution in [0.2, 0.25) is 0 Å². The summed E-state index contributed by atoms with van der Waals surface area (Å²) in [5.41, 5.74) is 0. The number of fused-ring (bicyclic) bond motifs is 1. The van der Waals surface area contributed by atoms with Crippen LogP contribution in [0.25, 0.3) is 0 Å². The van der Waals surface area contributed by atoms with Gasteiger partial charge < -0.3 is 25.4 Å². The second-order valence-electron chi connectivity index (χ2n) is 4.95. The van der Waals surface area contributed by atoms with Gasteiger partial charge in [0.1, 0.15) is 30.6 Å². The van der Waals surface area contributed by atoms with Crippen molar-refractivity contribution in [3.63, 3.8) is 0 Å². The lowest BCUT2D eigenvalue weighted by atomic mass is 10.1. The molecule has 3 aliphatic heterocycles. The Morgan fingerprint density at radius 2 is 2.11 bits per heavy atom. The number of aliphatic hydroxyl groups excluding tert-OH is 3. The predicted octanol–water partition coefficient (Wildman–Crippen LogP) is -4.34. The van der Waals surface area contributed by atoms with E-state index in [0.29, 0.717) is 13.3 Å². The van der Waals surface area contributed by atoms with Gasteiger partial charge in [0.15, 0.2) is 0 Å². The SMILES string of the molecule is O=C1NCN[C@@H]2[C@@H]1NCN2[C@@H]1O[C@H](CO)[C@@H](O)[C@H]1O. The molecule has 0 aromatic rings. The number of aliphatic hydroxyl groups is 3. The van der Waals surface area contributed by atoms with Crippen molar-refractivity contribution < 1.29 is 24.9 Å². The molecule has 6 N–H and O–H groups in total. The van der Waals surface area contributed by atoms with Crippen LogP contribution in [-0.2, 0) is 9.53 Å². The van der Waals surface area contributed by atoms with Crippen LogP contribution in [0.3, 0.4) is 0 Å². The highest BCUT2D eigenvalue weighted by molar-refractivity contribution is 5.83. The Bertz CT molecular complexity index is 370. The average molecular weight is 274 g/mol. The summed E-state index contributed by atoms with van der Waals surface area (Å²) in [6.07, 6.45) is -4.13. The Kier molecular flexibility index (Phi) is 3.43. The molecule has 108 valence electrons. The molecule has 19 heavy (non-hydrogen) atoms. The summed E-state index contributed by atoms with van der Waals surface area (Å²) in [4.78, 5) is 13.4. The highest BCUT2D eigenvalue weighted by Gasteiger charge is 2.51. The molecule has 0 spiro atoms. The molecule has 9 nitrogen and oxygen atoms in total. The number of nitrogens with zero attached hydrogens (tertiary/aromatic N) is 1. The molecule has 3 fully saturated rings. The lowest BCUT2D eigenvalue weighted by Crippen LogP contribution is -2.64. The van der Waals surface area contributed by atoms with Crippen molar-refractivity contribution in [3.8, 4) is 0 Å². The van der Waals surface area contributed by atoms with Gasteiger partial charge in [0.25, 0.3) is 0 Å². The maximum atomic E-state index is 11.7. The first-order chi connectivity index (χ1) is 9.13. The number of carbonyl (C=O) groups excluding carboxylic acids is 1. The molecule has 0 unspecified atom stereocenters. The van der Waals surface area contributed by atoms with Gasteiger partial charge in [-0.15, -0.1) is 0 Å². The van der Waals surface area contributed by atoms with E-state index in [4.69, 9.17) is 9.84 Å². The van der Waals surface area contributed by atoms with E-state index < -0.39 is 30.6 Å². The Morgan fingerprint density at radius 1 is 1.32 bits per heavy atom. The second-order valence-corrected chi connectivity index (χ2v) is 4.95. The van der Waals surface area contributed by atoms with Crippen molar-refractivity contribution in [2.75, 3.05) is 19.9 Å². The summed E-state index contributed by atoms with van der Waals surface area (Å²) < 4.78 is 5.47. The first-order valence-corrected chi connectivity index (χ1v) is 6.26. The summed E-state index contributed by atoms with van der Waals surface area (Å²) >= 11 is 0. The smallest absolute Gasteiger partial charge is 0.241 e. The van der Waals surface area contributed by atoms with Gasteiger partial charge in [-0.05, 0) is 0 Å². The zero-order valence-corrected chi connectivity index (χ0v) is 10.2. The Hall–Kier alpha value is -0.810. The van der Waals surface area contributed by atoms with Gasteiger partial charge in [0.2, 0.25) is 5.91 Å². The van der Waals surface area contributed by atoms with Crippen molar-refractivity contribution in [2.24, 2.45) is 0 Å². The molecule has 1 amide bonds. The first-order valence-electron chi connectivity index (χ1n) is 6.26. The van der Waals surface area contributed by atoms with Crippen molar-refractivity contribution in [2.45, 2.75) is 36.7 Å². The molecule has 0 bridgehead atoms. The lowest BCUT2D eigenvalue weighted by Gasteiger charge is -2.35. The van der Waals surface area contributed by atoms with E-state index in [0.717, 1.165) is 0 Å². The van der Waals surface area contributed by atoms with Crippen LogP contribution in [0.4, 0.5) is 0 Å². The summed E-state index contributed by atoms with van der Waals surface area (Å²) in [7, 11) is 0. The maximum Gasteiger partial charge on any atom is 0.241 e. The topological polar surface area (TPSA) is 126 Å². The number of carbonyl (C=O) groups is 1. The third kappa shape index (κ3) is 2.03. The van der Waals surface area contributed by atoms with Gasteiger partial charge in [0.05, 0.1) is 26.1 Å². The van der Waals surface area contributed by atoms with Crippen molar-refractivity contribution in [1.82, 2.24) is 20.9 Å². The number of rotatable bonds is 2. The summed E-state index contributed by atoms with van der Waals surface area (Å²) in [6.45, 7) is 0.327. The molecule has 9 heteroatoms. The van der Waals surface area contributed by atoms with Crippen LogP contribution in [0.5, 0.6) is 0 Å². The number of ether oxygens (including phenoxy) is 1. The molecule has 0 aromatic carbocycles. The molecule has 0 aliphatic carbocycles. The lowest BCUT2D eigenvalue weighted by molar-refractivity contribution is -0.130. The largest absolute Gasteiger partial charge is 0.394 e. The van der Waals surface area contributed by atoms with Crippen LogP contribution >= 0.6 is 0 Å². The van der Waals surface area contributed by atoms with Crippen molar-refractivity contribution >= 4 is 5.91 Å². The monoisotopic (exact) mass is 274 g/mol. The number of hydrogen-bond donors (Lipinski definition) is 6. The summed E-state index contributed by atoms with van der Waals surface area (Å²) in [6, 6.07) is -0.421. The van der Waals surface area contributed by atoms with Gasteiger partial charge in [-0.1, -0.05) is 0 Å². The van der Waals surface area contributed by atoms with E-state index in [1.807, 2.05) is 0 Å². The maximum absolute atomic E-state index is 11.7. The molecular weight excluding hydrogens is 256 g/mol. The quantitative estimate of drug-likeness (QED) is 0.298. The highest BCUT2D eigenvalue weighted by atomic mass is 16.6. The first kappa shape index (κ1) is 13.2. The molecular formula is C10H18N4O5. The minimum absolute atomic E-state index is 0.113. The molecule has 0 aromatic heterocycles. The highest BCUT2D eigenvalue weighted by Crippen LogP contribution is 2.27.